The molecule has 0 N–H and O–H groups in total. The normalized spacial score (nSPS) is 28.7. The highest BCUT2D eigenvalue weighted by molar-refractivity contribution is 6.22. The van der Waals surface area contributed by atoms with E-state index in [2.05, 4.69) is 6.92 Å². The molecule has 4 nitrogen and oxygen atoms in total. The van der Waals surface area contributed by atoms with E-state index in [0.29, 0.717) is 18.2 Å². The van der Waals surface area contributed by atoms with Crippen LogP contribution < -0.4 is 9.64 Å². The number of carbonyl (C=O) groups excluding carboxylic acids is 2. The lowest BCUT2D eigenvalue weighted by Crippen LogP contribution is -2.30. The lowest BCUT2D eigenvalue weighted by atomic mass is 9.76. The highest BCUT2D eigenvalue weighted by Gasteiger charge is 2.49. The molecule has 0 bridgehead atoms. The molecule has 1 aromatic carbocycles. The molecule has 1 aliphatic heterocycles. The van der Waals surface area contributed by atoms with E-state index in [-0.39, 0.29) is 23.7 Å². The van der Waals surface area contributed by atoms with Crippen LogP contribution in [0.1, 0.15) is 33.1 Å². The number of amides is 2. The average molecular weight is 287 g/mol. The fourth-order valence-electron chi connectivity index (χ4n) is 3.50. The Kier molecular flexibility index (Phi) is 3.70. The summed E-state index contributed by atoms with van der Waals surface area (Å²) < 4.78 is 5.40. The summed E-state index contributed by atoms with van der Waals surface area (Å²) >= 11 is 0. The van der Waals surface area contributed by atoms with Crippen molar-refractivity contribution in [2.24, 2.45) is 17.8 Å². The average Bonchev–Trinajstić information content (AvgIpc) is 2.72. The van der Waals surface area contributed by atoms with Gasteiger partial charge in [-0.2, -0.15) is 0 Å². The van der Waals surface area contributed by atoms with Crippen molar-refractivity contribution in [1.29, 1.82) is 0 Å². The van der Waals surface area contributed by atoms with Gasteiger partial charge in [-0.25, -0.2) is 0 Å². The summed E-state index contributed by atoms with van der Waals surface area (Å²) in [5, 5.41) is 0. The number of ether oxygens (including phenoxy) is 1. The molecule has 1 aromatic rings. The molecule has 0 radical (unpaired) electrons. The van der Waals surface area contributed by atoms with E-state index in [1.807, 2.05) is 19.1 Å². The number of hydrogen-bond donors (Lipinski definition) is 0. The van der Waals surface area contributed by atoms with Crippen molar-refractivity contribution in [2.45, 2.75) is 33.1 Å². The molecular formula is C17H21NO3. The van der Waals surface area contributed by atoms with Gasteiger partial charge in [-0.3, -0.25) is 14.5 Å². The minimum Gasteiger partial charge on any atom is -0.494 e. The second-order valence-corrected chi connectivity index (χ2v) is 6.07. The molecule has 1 saturated heterocycles. The number of nitrogens with zero attached hydrogens (tertiary/aromatic N) is 1. The van der Waals surface area contributed by atoms with E-state index in [4.69, 9.17) is 4.74 Å². The fourth-order valence-corrected chi connectivity index (χ4v) is 3.50. The second-order valence-electron chi connectivity index (χ2n) is 6.07. The Balaban J connectivity index is 1.85. The van der Waals surface area contributed by atoms with Crippen molar-refractivity contribution < 1.29 is 14.3 Å². The molecular weight excluding hydrogens is 266 g/mol. The van der Waals surface area contributed by atoms with E-state index in [9.17, 15) is 9.59 Å². The van der Waals surface area contributed by atoms with Crippen LogP contribution in [-0.4, -0.2) is 18.4 Å². The Labute approximate surface area is 125 Å². The number of rotatable bonds is 3. The van der Waals surface area contributed by atoms with Crippen molar-refractivity contribution in [3.63, 3.8) is 0 Å². The Morgan fingerprint density at radius 2 is 1.76 bits per heavy atom. The van der Waals surface area contributed by atoms with Gasteiger partial charge in [-0.15, -0.1) is 0 Å². The van der Waals surface area contributed by atoms with Crippen LogP contribution in [0.15, 0.2) is 24.3 Å². The highest BCUT2D eigenvalue weighted by atomic mass is 16.5. The number of fused-ring (bicyclic) bond motifs is 1. The molecule has 0 spiro atoms. The summed E-state index contributed by atoms with van der Waals surface area (Å²) in [6.07, 6.45) is 2.71. The first-order valence-electron chi connectivity index (χ1n) is 7.72. The lowest BCUT2D eigenvalue weighted by Gasteiger charge is -2.25. The summed E-state index contributed by atoms with van der Waals surface area (Å²) in [7, 11) is 0. The SMILES string of the molecule is CCOc1ccc(N2C(=O)[C@@H]3CC[C@@H](C)C[C@H]3C2=O)cc1. The summed E-state index contributed by atoms with van der Waals surface area (Å²) in [6, 6.07) is 7.21. The van der Waals surface area contributed by atoms with Gasteiger partial charge in [-0.1, -0.05) is 6.92 Å². The summed E-state index contributed by atoms with van der Waals surface area (Å²) in [5.41, 5.74) is 0.663. The number of carbonyl (C=O) groups is 2. The maximum Gasteiger partial charge on any atom is 0.237 e. The van der Waals surface area contributed by atoms with E-state index < -0.39 is 0 Å². The molecule has 21 heavy (non-hydrogen) atoms. The molecule has 3 atom stereocenters. The molecule has 112 valence electrons. The largest absolute Gasteiger partial charge is 0.494 e. The van der Waals surface area contributed by atoms with Crippen molar-refractivity contribution in [3.8, 4) is 5.75 Å². The Morgan fingerprint density at radius 3 is 2.43 bits per heavy atom. The number of benzene rings is 1. The molecule has 2 amide bonds. The van der Waals surface area contributed by atoms with Gasteiger partial charge in [0.2, 0.25) is 11.8 Å². The van der Waals surface area contributed by atoms with Crippen LogP contribution in [0.5, 0.6) is 5.75 Å². The third-order valence-corrected chi connectivity index (χ3v) is 4.59. The monoisotopic (exact) mass is 287 g/mol. The molecule has 3 rings (SSSR count). The third kappa shape index (κ3) is 2.43. The zero-order valence-corrected chi connectivity index (χ0v) is 12.5. The van der Waals surface area contributed by atoms with Crippen LogP contribution in [0.4, 0.5) is 5.69 Å². The molecule has 4 heteroatoms. The number of hydrogen-bond acceptors (Lipinski definition) is 3. The third-order valence-electron chi connectivity index (χ3n) is 4.59. The van der Waals surface area contributed by atoms with Crippen LogP contribution in [0.2, 0.25) is 0 Å². The second kappa shape index (κ2) is 5.51. The lowest BCUT2D eigenvalue weighted by molar-refractivity contribution is -0.122. The van der Waals surface area contributed by atoms with Crippen molar-refractivity contribution >= 4 is 17.5 Å². The first-order chi connectivity index (χ1) is 10.1. The molecule has 1 aliphatic carbocycles. The van der Waals surface area contributed by atoms with Gasteiger partial charge < -0.3 is 4.74 Å². The van der Waals surface area contributed by atoms with E-state index >= 15 is 0 Å². The first kappa shape index (κ1) is 14.1. The van der Waals surface area contributed by atoms with E-state index in [1.165, 1.54) is 4.90 Å². The van der Waals surface area contributed by atoms with Gasteiger partial charge >= 0.3 is 0 Å². The summed E-state index contributed by atoms with van der Waals surface area (Å²) in [4.78, 5) is 26.5. The predicted molar refractivity (Wildman–Crippen MR) is 80.1 cm³/mol. The van der Waals surface area contributed by atoms with Gasteiger partial charge in [0.1, 0.15) is 5.75 Å². The molecule has 0 unspecified atom stereocenters. The number of anilines is 1. The minimum atomic E-state index is -0.118. The van der Waals surface area contributed by atoms with E-state index in [1.54, 1.807) is 12.1 Å². The van der Waals surface area contributed by atoms with Gasteiger partial charge in [0.25, 0.3) is 0 Å². The van der Waals surface area contributed by atoms with Gasteiger partial charge in [0.05, 0.1) is 24.1 Å². The minimum absolute atomic E-state index is 0.0268. The van der Waals surface area contributed by atoms with Crippen molar-refractivity contribution in [1.82, 2.24) is 0 Å². The Hall–Kier alpha value is -1.84. The quantitative estimate of drug-likeness (QED) is 0.803. The van der Waals surface area contributed by atoms with Crippen LogP contribution in [0.3, 0.4) is 0 Å². The Morgan fingerprint density at radius 1 is 1.10 bits per heavy atom. The van der Waals surface area contributed by atoms with Crippen molar-refractivity contribution in [3.05, 3.63) is 24.3 Å². The molecule has 1 heterocycles. The van der Waals surface area contributed by atoms with Crippen LogP contribution in [0, 0.1) is 17.8 Å². The summed E-state index contributed by atoms with van der Waals surface area (Å²) in [5.74, 6) is 1.00. The first-order valence-corrected chi connectivity index (χ1v) is 7.72. The molecule has 0 aromatic heterocycles. The molecule has 2 fully saturated rings. The maximum atomic E-state index is 12.6. The highest BCUT2D eigenvalue weighted by Crippen LogP contribution is 2.42. The van der Waals surface area contributed by atoms with Crippen LogP contribution in [0.25, 0.3) is 0 Å². The van der Waals surface area contributed by atoms with Crippen LogP contribution in [-0.2, 0) is 9.59 Å². The zero-order valence-electron chi connectivity index (χ0n) is 12.5. The number of imide groups is 1. The van der Waals surface area contributed by atoms with Gasteiger partial charge in [0.15, 0.2) is 0 Å². The molecule has 1 saturated carbocycles. The molecule has 2 aliphatic rings. The predicted octanol–water partition coefficient (Wildman–Crippen LogP) is 3.01. The smallest absolute Gasteiger partial charge is 0.237 e. The standard InChI is InChI=1S/C17H21NO3/c1-3-21-13-7-5-12(6-8-13)18-16(19)14-9-4-11(2)10-15(14)17(18)20/h5-8,11,14-15H,3-4,9-10H2,1-2H3/t11-,14-,15-/m1/s1. The van der Waals surface area contributed by atoms with E-state index in [0.717, 1.165) is 25.0 Å². The zero-order chi connectivity index (χ0) is 15.0. The van der Waals surface area contributed by atoms with Crippen LogP contribution >= 0.6 is 0 Å². The van der Waals surface area contributed by atoms with Gasteiger partial charge in [0, 0.05) is 0 Å². The maximum absolute atomic E-state index is 12.6. The summed E-state index contributed by atoms with van der Waals surface area (Å²) in [6.45, 7) is 4.68. The van der Waals surface area contributed by atoms with Gasteiger partial charge in [-0.05, 0) is 56.4 Å². The van der Waals surface area contributed by atoms with Crippen molar-refractivity contribution in [2.75, 3.05) is 11.5 Å². The fraction of sp³-hybridized carbons (Fsp3) is 0.529. The topological polar surface area (TPSA) is 46.6 Å². The Bertz CT molecular complexity index is 552.